The maximum absolute atomic E-state index is 11.8. The number of hydrogen-bond acceptors (Lipinski definition) is 7. The molecule has 0 aliphatic carbocycles. The summed E-state index contributed by atoms with van der Waals surface area (Å²) in [6.45, 7) is 0. The number of pyridine rings is 1. The minimum absolute atomic E-state index is 0.405. The first kappa shape index (κ1) is 17.1. The number of anilines is 1. The number of rotatable bonds is 6. The summed E-state index contributed by atoms with van der Waals surface area (Å²) in [5, 5.41) is 6.09. The second kappa shape index (κ2) is 8.37. The van der Waals surface area contributed by atoms with Crippen LogP contribution in [0, 0.1) is 0 Å². The predicted molar refractivity (Wildman–Crippen MR) is 88.0 cm³/mol. The smallest absolute Gasteiger partial charge is 0.437 e. The van der Waals surface area contributed by atoms with Crippen LogP contribution >= 0.6 is 0 Å². The van der Waals surface area contributed by atoms with Gasteiger partial charge in [0.05, 0.1) is 38.9 Å². The molecule has 0 atom stereocenters. The highest BCUT2D eigenvalue weighted by Gasteiger charge is 2.14. The fourth-order valence-corrected chi connectivity index (χ4v) is 1.87. The molecule has 0 aliphatic heterocycles. The van der Waals surface area contributed by atoms with Crippen molar-refractivity contribution in [3.05, 3.63) is 42.2 Å². The first-order valence-corrected chi connectivity index (χ1v) is 6.90. The van der Waals surface area contributed by atoms with E-state index < -0.39 is 6.09 Å². The Morgan fingerprint density at radius 3 is 2.38 bits per heavy atom. The van der Waals surface area contributed by atoms with Crippen molar-refractivity contribution in [2.75, 3.05) is 26.6 Å². The largest absolute Gasteiger partial charge is 0.493 e. The number of ether oxygens (including phenoxy) is 3. The summed E-state index contributed by atoms with van der Waals surface area (Å²) in [6, 6.07) is 8.44. The Balaban J connectivity index is 2.04. The molecule has 126 valence electrons. The van der Waals surface area contributed by atoms with Gasteiger partial charge in [-0.25, -0.2) is 4.79 Å². The molecule has 2 rings (SSSR count). The van der Waals surface area contributed by atoms with E-state index in [-0.39, 0.29) is 0 Å². The summed E-state index contributed by atoms with van der Waals surface area (Å²) in [5.41, 5.74) is 0.973. The third kappa shape index (κ3) is 4.35. The van der Waals surface area contributed by atoms with Gasteiger partial charge in [0.2, 0.25) is 5.75 Å². The molecule has 0 saturated carbocycles. The number of methoxy groups -OCH3 is 3. The van der Waals surface area contributed by atoms with Crippen LogP contribution in [-0.2, 0) is 4.84 Å². The zero-order chi connectivity index (χ0) is 17.4. The number of carbonyl (C=O) groups excluding carboxylic acids is 1. The first-order chi connectivity index (χ1) is 11.7. The molecule has 2 aromatic rings. The number of carbonyl (C=O) groups is 1. The molecular weight excluding hydrogens is 314 g/mol. The Bertz CT molecular complexity index is 694. The molecule has 0 radical (unpaired) electrons. The molecular formula is C16H17N3O5. The second-order valence-corrected chi connectivity index (χ2v) is 4.41. The fourth-order valence-electron chi connectivity index (χ4n) is 1.87. The lowest BCUT2D eigenvalue weighted by Gasteiger charge is -2.14. The Hall–Kier alpha value is -3.29. The monoisotopic (exact) mass is 331 g/mol. The number of nitrogens with zero attached hydrogens (tertiary/aromatic N) is 2. The van der Waals surface area contributed by atoms with Crippen LogP contribution in [0.15, 0.2) is 41.7 Å². The molecule has 1 aromatic carbocycles. The topological polar surface area (TPSA) is 91.3 Å². The van der Waals surface area contributed by atoms with Crippen molar-refractivity contribution in [1.29, 1.82) is 0 Å². The number of oxime groups is 1. The molecule has 8 nitrogen and oxygen atoms in total. The minimum atomic E-state index is -0.767. The van der Waals surface area contributed by atoms with E-state index >= 15 is 0 Å². The van der Waals surface area contributed by atoms with Crippen LogP contribution in [-0.4, -0.2) is 38.6 Å². The van der Waals surface area contributed by atoms with Crippen LogP contribution in [0.4, 0.5) is 10.5 Å². The van der Waals surface area contributed by atoms with E-state index in [2.05, 4.69) is 15.5 Å². The lowest BCUT2D eigenvalue weighted by Crippen LogP contribution is -2.11. The Morgan fingerprint density at radius 2 is 1.83 bits per heavy atom. The van der Waals surface area contributed by atoms with Gasteiger partial charge >= 0.3 is 6.09 Å². The van der Waals surface area contributed by atoms with Gasteiger partial charge in [-0.2, -0.15) is 0 Å². The van der Waals surface area contributed by atoms with E-state index in [1.807, 2.05) is 0 Å². The van der Waals surface area contributed by atoms with Crippen LogP contribution in [0.25, 0.3) is 0 Å². The lowest BCUT2D eigenvalue weighted by atomic mass is 10.2. The SMILES string of the molecule is COc1cc(NC(=O)ON=Cc2ccccn2)cc(OC)c1OC. The van der Waals surface area contributed by atoms with E-state index in [4.69, 9.17) is 19.0 Å². The molecule has 24 heavy (non-hydrogen) atoms. The van der Waals surface area contributed by atoms with Gasteiger partial charge in [-0.15, -0.1) is 0 Å². The van der Waals surface area contributed by atoms with Crippen LogP contribution in [0.2, 0.25) is 0 Å². The quantitative estimate of drug-likeness (QED) is 0.497. The van der Waals surface area contributed by atoms with E-state index in [0.29, 0.717) is 28.6 Å². The molecule has 0 saturated heterocycles. The van der Waals surface area contributed by atoms with Crippen molar-refractivity contribution in [3.8, 4) is 17.2 Å². The predicted octanol–water partition coefficient (Wildman–Crippen LogP) is 2.69. The summed E-state index contributed by atoms with van der Waals surface area (Å²) in [6.07, 6.45) is 2.17. The molecule has 0 fully saturated rings. The molecule has 1 heterocycles. The first-order valence-electron chi connectivity index (χ1n) is 6.90. The van der Waals surface area contributed by atoms with Gasteiger partial charge in [0.1, 0.15) is 0 Å². The van der Waals surface area contributed by atoms with Crippen LogP contribution in [0.3, 0.4) is 0 Å². The molecule has 0 unspecified atom stereocenters. The van der Waals surface area contributed by atoms with Crippen molar-refractivity contribution in [1.82, 2.24) is 4.98 Å². The maximum Gasteiger partial charge on any atom is 0.437 e. The number of amides is 1. The number of nitrogens with one attached hydrogen (secondary N) is 1. The Kier molecular flexibility index (Phi) is 5.95. The molecule has 0 aliphatic rings. The summed E-state index contributed by atoms with van der Waals surface area (Å²) in [5.74, 6) is 1.24. The maximum atomic E-state index is 11.8. The molecule has 1 amide bonds. The standard InChI is InChI=1S/C16H17N3O5/c1-21-13-8-12(9-14(22-2)15(13)23-3)19-16(20)24-18-10-11-6-4-5-7-17-11/h4-10H,1-3H3,(H,19,20). The van der Waals surface area contributed by atoms with E-state index in [9.17, 15) is 4.79 Å². The number of aromatic nitrogens is 1. The van der Waals surface area contributed by atoms with Crippen molar-refractivity contribution in [2.45, 2.75) is 0 Å². The van der Waals surface area contributed by atoms with Gasteiger partial charge < -0.3 is 14.2 Å². The van der Waals surface area contributed by atoms with E-state index in [0.717, 1.165) is 0 Å². The molecule has 0 spiro atoms. The minimum Gasteiger partial charge on any atom is -0.493 e. The van der Waals surface area contributed by atoms with Gasteiger partial charge in [-0.3, -0.25) is 15.1 Å². The van der Waals surface area contributed by atoms with Crippen LogP contribution in [0.1, 0.15) is 5.69 Å². The third-order valence-electron chi connectivity index (χ3n) is 2.92. The highest BCUT2D eigenvalue weighted by Crippen LogP contribution is 2.39. The normalized spacial score (nSPS) is 10.3. The second-order valence-electron chi connectivity index (χ2n) is 4.41. The van der Waals surface area contributed by atoms with Crippen LogP contribution < -0.4 is 19.5 Å². The van der Waals surface area contributed by atoms with Gasteiger partial charge in [-0.05, 0) is 12.1 Å². The third-order valence-corrected chi connectivity index (χ3v) is 2.92. The zero-order valence-corrected chi connectivity index (χ0v) is 13.5. The average Bonchev–Trinajstić information content (AvgIpc) is 2.61. The average molecular weight is 331 g/mol. The molecule has 0 bridgehead atoms. The van der Waals surface area contributed by atoms with Crippen molar-refractivity contribution in [3.63, 3.8) is 0 Å². The summed E-state index contributed by atoms with van der Waals surface area (Å²) >= 11 is 0. The Labute approximate surface area is 139 Å². The molecule has 1 aromatic heterocycles. The van der Waals surface area contributed by atoms with Gasteiger partial charge in [-0.1, -0.05) is 11.2 Å². The summed E-state index contributed by atoms with van der Waals surface area (Å²) in [7, 11) is 4.46. The Morgan fingerprint density at radius 1 is 1.12 bits per heavy atom. The number of hydrogen-bond donors (Lipinski definition) is 1. The summed E-state index contributed by atoms with van der Waals surface area (Å²) in [4.78, 5) is 20.5. The molecule has 1 N–H and O–H groups in total. The highest BCUT2D eigenvalue weighted by molar-refractivity contribution is 5.86. The zero-order valence-electron chi connectivity index (χ0n) is 13.5. The molecule has 8 heteroatoms. The highest BCUT2D eigenvalue weighted by atomic mass is 16.7. The lowest BCUT2D eigenvalue weighted by molar-refractivity contribution is 0.167. The van der Waals surface area contributed by atoms with Gasteiger partial charge in [0.25, 0.3) is 0 Å². The fraction of sp³-hybridized carbons (Fsp3) is 0.188. The van der Waals surface area contributed by atoms with Gasteiger partial charge in [0.15, 0.2) is 11.5 Å². The van der Waals surface area contributed by atoms with Gasteiger partial charge in [0, 0.05) is 18.3 Å². The van der Waals surface area contributed by atoms with Crippen LogP contribution in [0.5, 0.6) is 17.2 Å². The van der Waals surface area contributed by atoms with Crippen molar-refractivity contribution < 1.29 is 23.8 Å². The van der Waals surface area contributed by atoms with Crippen molar-refractivity contribution in [2.24, 2.45) is 5.16 Å². The summed E-state index contributed by atoms with van der Waals surface area (Å²) < 4.78 is 15.6. The van der Waals surface area contributed by atoms with E-state index in [1.165, 1.54) is 27.5 Å². The number of benzene rings is 1. The van der Waals surface area contributed by atoms with E-state index in [1.54, 1.807) is 36.5 Å². The van der Waals surface area contributed by atoms with Crippen molar-refractivity contribution >= 4 is 18.0 Å².